The molecule has 0 atom stereocenters. The van der Waals surface area contributed by atoms with Gasteiger partial charge in [0.25, 0.3) is 0 Å². The molecule has 1 nitrogen and oxygen atoms in total. The van der Waals surface area contributed by atoms with Gasteiger partial charge in [0, 0.05) is 5.39 Å². The maximum atomic E-state index is 5.36. The van der Waals surface area contributed by atoms with Crippen molar-refractivity contribution in [2.45, 2.75) is 19.8 Å². The van der Waals surface area contributed by atoms with Gasteiger partial charge in [0.15, 0.2) is 0 Å². The van der Waals surface area contributed by atoms with Crippen molar-refractivity contribution in [3.05, 3.63) is 42.0 Å². The van der Waals surface area contributed by atoms with Crippen molar-refractivity contribution >= 4 is 10.8 Å². The van der Waals surface area contributed by atoms with Gasteiger partial charge in [-0.3, -0.25) is 0 Å². The zero-order chi connectivity index (χ0) is 10.7. The van der Waals surface area contributed by atoms with Crippen LogP contribution in [0.1, 0.15) is 18.9 Å². The molecule has 0 radical (unpaired) electrons. The SMILES string of the molecule is CCCc1ccc(OC)c2ccccc12. The number of rotatable bonds is 3. The van der Waals surface area contributed by atoms with E-state index in [4.69, 9.17) is 4.74 Å². The van der Waals surface area contributed by atoms with Gasteiger partial charge < -0.3 is 4.74 Å². The number of ether oxygens (including phenoxy) is 1. The van der Waals surface area contributed by atoms with Crippen LogP contribution < -0.4 is 4.74 Å². The van der Waals surface area contributed by atoms with E-state index < -0.39 is 0 Å². The molecule has 78 valence electrons. The largest absolute Gasteiger partial charge is 0.496 e. The average Bonchev–Trinajstić information content (AvgIpc) is 2.30. The minimum Gasteiger partial charge on any atom is -0.496 e. The first kappa shape index (κ1) is 10.0. The molecule has 2 aromatic carbocycles. The molecular formula is C14H16O. The summed E-state index contributed by atoms with van der Waals surface area (Å²) in [6, 6.07) is 12.7. The first-order chi connectivity index (χ1) is 7.36. The molecule has 2 aromatic rings. The van der Waals surface area contributed by atoms with E-state index in [0.717, 1.165) is 12.2 Å². The van der Waals surface area contributed by atoms with Gasteiger partial charge in [-0.2, -0.15) is 0 Å². The molecule has 0 aromatic heterocycles. The number of fused-ring (bicyclic) bond motifs is 1. The zero-order valence-electron chi connectivity index (χ0n) is 9.29. The Hall–Kier alpha value is -1.50. The number of methoxy groups -OCH3 is 1. The molecule has 1 heteroatoms. The highest BCUT2D eigenvalue weighted by atomic mass is 16.5. The second-order valence-corrected chi connectivity index (χ2v) is 3.72. The highest BCUT2D eigenvalue weighted by Crippen LogP contribution is 2.28. The van der Waals surface area contributed by atoms with Crippen LogP contribution in [0.15, 0.2) is 36.4 Å². The first-order valence-electron chi connectivity index (χ1n) is 5.41. The summed E-state index contributed by atoms with van der Waals surface area (Å²) in [5, 5.41) is 2.53. The van der Waals surface area contributed by atoms with Crippen LogP contribution in [-0.2, 0) is 6.42 Å². The smallest absolute Gasteiger partial charge is 0.126 e. The van der Waals surface area contributed by atoms with Crippen LogP contribution in [0.3, 0.4) is 0 Å². The Kier molecular flexibility index (Phi) is 2.91. The van der Waals surface area contributed by atoms with Gasteiger partial charge in [-0.05, 0) is 23.4 Å². The fourth-order valence-electron chi connectivity index (χ4n) is 2.00. The Balaban J connectivity index is 2.66. The summed E-state index contributed by atoms with van der Waals surface area (Å²) in [6.45, 7) is 2.21. The van der Waals surface area contributed by atoms with Gasteiger partial charge in [0.05, 0.1) is 7.11 Å². The van der Waals surface area contributed by atoms with Crippen LogP contribution in [0, 0.1) is 0 Å². The molecule has 0 heterocycles. The highest BCUT2D eigenvalue weighted by Gasteiger charge is 2.04. The van der Waals surface area contributed by atoms with Crippen molar-refractivity contribution < 1.29 is 4.74 Å². The molecule has 0 N–H and O–H groups in total. The van der Waals surface area contributed by atoms with Crippen LogP contribution >= 0.6 is 0 Å². The number of hydrogen-bond donors (Lipinski definition) is 0. The zero-order valence-corrected chi connectivity index (χ0v) is 9.29. The van der Waals surface area contributed by atoms with Crippen molar-refractivity contribution in [3.8, 4) is 5.75 Å². The normalized spacial score (nSPS) is 10.5. The predicted molar refractivity (Wildman–Crippen MR) is 64.5 cm³/mol. The lowest BCUT2D eigenvalue weighted by Crippen LogP contribution is -1.90. The van der Waals surface area contributed by atoms with E-state index >= 15 is 0 Å². The fourth-order valence-corrected chi connectivity index (χ4v) is 2.00. The van der Waals surface area contributed by atoms with E-state index in [1.165, 1.54) is 22.8 Å². The predicted octanol–water partition coefficient (Wildman–Crippen LogP) is 3.80. The first-order valence-corrected chi connectivity index (χ1v) is 5.41. The lowest BCUT2D eigenvalue weighted by atomic mass is 10.0. The Bertz CT molecular complexity index is 460. The van der Waals surface area contributed by atoms with Crippen molar-refractivity contribution in [1.29, 1.82) is 0 Å². The third kappa shape index (κ3) is 1.82. The maximum absolute atomic E-state index is 5.36. The monoisotopic (exact) mass is 200 g/mol. The van der Waals surface area contributed by atoms with Crippen LogP contribution in [0.4, 0.5) is 0 Å². The summed E-state index contributed by atoms with van der Waals surface area (Å²) in [5.41, 5.74) is 1.41. The van der Waals surface area contributed by atoms with E-state index in [1.54, 1.807) is 7.11 Å². The van der Waals surface area contributed by atoms with E-state index in [1.807, 2.05) is 0 Å². The van der Waals surface area contributed by atoms with Crippen LogP contribution in [0.25, 0.3) is 10.8 Å². The molecule has 0 aliphatic carbocycles. The quantitative estimate of drug-likeness (QED) is 0.732. The molecule has 0 saturated carbocycles. The summed E-state index contributed by atoms with van der Waals surface area (Å²) in [6.07, 6.45) is 2.31. The Morgan fingerprint density at radius 3 is 2.40 bits per heavy atom. The molecule has 0 aliphatic heterocycles. The number of aryl methyl sites for hydroxylation is 1. The molecule has 2 rings (SSSR count). The van der Waals surface area contributed by atoms with Crippen LogP contribution in [-0.4, -0.2) is 7.11 Å². The molecule has 0 spiro atoms. The van der Waals surface area contributed by atoms with Gasteiger partial charge in [-0.1, -0.05) is 43.7 Å². The van der Waals surface area contributed by atoms with E-state index in [0.29, 0.717) is 0 Å². The summed E-state index contributed by atoms with van der Waals surface area (Å²) >= 11 is 0. The molecule has 0 amide bonds. The molecule has 0 unspecified atom stereocenters. The van der Waals surface area contributed by atoms with E-state index in [-0.39, 0.29) is 0 Å². The fraction of sp³-hybridized carbons (Fsp3) is 0.286. The topological polar surface area (TPSA) is 9.23 Å². The van der Waals surface area contributed by atoms with Crippen LogP contribution in [0.2, 0.25) is 0 Å². The highest BCUT2D eigenvalue weighted by molar-refractivity contribution is 5.91. The summed E-state index contributed by atoms with van der Waals surface area (Å²) in [5.74, 6) is 0.963. The van der Waals surface area contributed by atoms with Crippen molar-refractivity contribution in [3.63, 3.8) is 0 Å². The maximum Gasteiger partial charge on any atom is 0.126 e. The number of hydrogen-bond acceptors (Lipinski definition) is 1. The Morgan fingerprint density at radius 1 is 1.00 bits per heavy atom. The van der Waals surface area contributed by atoms with Crippen molar-refractivity contribution in [1.82, 2.24) is 0 Å². The van der Waals surface area contributed by atoms with Gasteiger partial charge in [0.2, 0.25) is 0 Å². The standard InChI is InChI=1S/C14H16O/c1-3-6-11-9-10-14(15-2)13-8-5-4-7-12(11)13/h4-5,7-10H,3,6H2,1-2H3. The second kappa shape index (κ2) is 4.35. The van der Waals surface area contributed by atoms with Crippen LogP contribution in [0.5, 0.6) is 5.75 Å². The molecular weight excluding hydrogens is 184 g/mol. The third-order valence-electron chi connectivity index (χ3n) is 2.71. The number of benzene rings is 2. The van der Waals surface area contributed by atoms with E-state index in [9.17, 15) is 0 Å². The third-order valence-corrected chi connectivity index (χ3v) is 2.71. The lowest BCUT2D eigenvalue weighted by molar-refractivity contribution is 0.419. The molecule has 0 fully saturated rings. The molecule has 0 bridgehead atoms. The summed E-state index contributed by atoms with van der Waals surface area (Å²) < 4.78 is 5.36. The minimum absolute atomic E-state index is 0.963. The van der Waals surface area contributed by atoms with Gasteiger partial charge in [-0.25, -0.2) is 0 Å². The lowest BCUT2D eigenvalue weighted by Gasteiger charge is -2.09. The average molecular weight is 200 g/mol. The second-order valence-electron chi connectivity index (χ2n) is 3.72. The minimum atomic E-state index is 0.963. The van der Waals surface area contributed by atoms with Gasteiger partial charge in [-0.15, -0.1) is 0 Å². The summed E-state index contributed by atoms with van der Waals surface area (Å²) in [7, 11) is 1.72. The van der Waals surface area contributed by atoms with Gasteiger partial charge in [0.1, 0.15) is 5.75 Å². The van der Waals surface area contributed by atoms with Crippen molar-refractivity contribution in [2.24, 2.45) is 0 Å². The molecule has 0 aliphatic rings. The summed E-state index contributed by atoms with van der Waals surface area (Å²) in [4.78, 5) is 0. The Morgan fingerprint density at radius 2 is 1.73 bits per heavy atom. The van der Waals surface area contributed by atoms with E-state index in [2.05, 4.69) is 43.3 Å². The molecule has 0 saturated heterocycles. The molecule has 15 heavy (non-hydrogen) atoms. The Labute approximate surface area is 90.7 Å². The van der Waals surface area contributed by atoms with Gasteiger partial charge >= 0.3 is 0 Å². The van der Waals surface area contributed by atoms with Crippen molar-refractivity contribution in [2.75, 3.05) is 7.11 Å².